The molecule has 0 saturated carbocycles. The van der Waals surface area contributed by atoms with Gasteiger partial charge in [-0.05, 0) is 44.1 Å². The van der Waals surface area contributed by atoms with Crippen molar-refractivity contribution >= 4 is 47.2 Å². The van der Waals surface area contributed by atoms with E-state index in [2.05, 4.69) is 57.9 Å². The molecule has 1 saturated heterocycles. The summed E-state index contributed by atoms with van der Waals surface area (Å²) in [6.07, 6.45) is 7.08. The van der Waals surface area contributed by atoms with E-state index in [1.54, 1.807) is 11.3 Å². The van der Waals surface area contributed by atoms with Crippen LogP contribution in [0.5, 0.6) is 0 Å². The SMILES string of the molecule is CCNC(=NCC(=O)N1CCC(Cc2ccccc2)CC1)NCCc1ncc(CC)s1.I. The Morgan fingerprint density at radius 1 is 1.19 bits per heavy atom. The fourth-order valence-corrected chi connectivity index (χ4v) is 4.70. The number of aliphatic imine (C=N–C) groups is 1. The second-order valence-electron chi connectivity index (χ2n) is 7.96. The van der Waals surface area contributed by atoms with E-state index >= 15 is 0 Å². The Balaban J connectivity index is 0.00000363. The van der Waals surface area contributed by atoms with Gasteiger partial charge in [-0.15, -0.1) is 35.3 Å². The summed E-state index contributed by atoms with van der Waals surface area (Å²) in [7, 11) is 0. The molecule has 0 bridgehead atoms. The standard InChI is InChI=1S/C24H35N5OS.HI/c1-3-21-17-27-22(31-21)10-13-26-24(25-4-2)28-18-23(30)29-14-11-20(12-15-29)16-19-8-6-5-7-9-19;/h5-9,17,20H,3-4,10-16,18H2,1-2H3,(H2,25,26,28);1H. The van der Waals surface area contributed by atoms with Crippen molar-refractivity contribution in [2.24, 2.45) is 10.9 Å². The number of nitrogens with zero attached hydrogens (tertiary/aromatic N) is 3. The number of piperidine rings is 1. The summed E-state index contributed by atoms with van der Waals surface area (Å²) < 4.78 is 0. The van der Waals surface area contributed by atoms with Gasteiger partial charge < -0.3 is 15.5 Å². The highest BCUT2D eigenvalue weighted by molar-refractivity contribution is 14.0. The van der Waals surface area contributed by atoms with E-state index in [0.29, 0.717) is 11.9 Å². The molecule has 176 valence electrons. The number of thiazole rings is 1. The number of hydrogen-bond donors (Lipinski definition) is 2. The molecule has 2 N–H and O–H groups in total. The van der Waals surface area contributed by atoms with Crippen molar-refractivity contribution in [3.63, 3.8) is 0 Å². The fraction of sp³-hybridized carbons (Fsp3) is 0.542. The zero-order valence-corrected chi connectivity index (χ0v) is 22.3. The molecule has 8 heteroatoms. The molecule has 2 heterocycles. The number of rotatable bonds is 9. The Labute approximate surface area is 213 Å². The van der Waals surface area contributed by atoms with Gasteiger partial charge >= 0.3 is 0 Å². The van der Waals surface area contributed by atoms with E-state index in [1.165, 1.54) is 10.4 Å². The van der Waals surface area contributed by atoms with Crippen LogP contribution in [-0.2, 0) is 24.1 Å². The Morgan fingerprint density at radius 2 is 1.94 bits per heavy atom. The topological polar surface area (TPSA) is 69.6 Å². The van der Waals surface area contributed by atoms with Crippen molar-refractivity contribution in [2.75, 3.05) is 32.7 Å². The number of amides is 1. The highest BCUT2D eigenvalue weighted by Crippen LogP contribution is 2.21. The van der Waals surface area contributed by atoms with Gasteiger partial charge in [0.15, 0.2) is 5.96 Å². The van der Waals surface area contributed by atoms with Crippen molar-refractivity contribution in [3.05, 3.63) is 52.0 Å². The Bertz CT molecular complexity index is 834. The number of carbonyl (C=O) groups is 1. The number of likely N-dealkylation sites (tertiary alicyclic amines) is 1. The molecule has 1 aliphatic rings. The van der Waals surface area contributed by atoms with Crippen molar-refractivity contribution in [1.29, 1.82) is 0 Å². The molecular formula is C24H36IN5OS. The predicted molar refractivity (Wildman–Crippen MR) is 144 cm³/mol. The maximum atomic E-state index is 12.7. The van der Waals surface area contributed by atoms with Gasteiger partial charge in [-0.3, -0.25) is 4.79 Å². The van der Waals surface area contributed by atoms with Crippen LogP contribution >= 0.6 is 35.3 Å². The number of guanidine groups is 1. The number of halogens is 1. The largest absolute Gasteiger partial charge is 0.357 e. The molecule has 1 aliphatic heterocycles. The molecule has 6 nitrogen and oxygen atoms in total. The molecule has 0 spiro atoms. The third kappa shape index (κ3) is 8.69. The minimum Gasteiger partial charge on any atom is -0.357 e. The van der Waals surface area contributed by atoms with Crippen molar-refractivity contribution < 1.29 is 4.79 Å². The second kappa shape index (κ2) is 14.5. The van der Waals surface area contributed by atoms with Gasteiger partial charge in [-0.25, -0.2) is 9.98 Å². The van der Waals surface area contributed by atoms with Gasteiger partial charge in [0.1, 0.15) is 6.54 Å². The van der Waals surface area contributed by atoms with E-state index < -0.39 is 0 Å². The number of aryl methyl sites for hydroxylation is 1. The van der Waals surface area contributed by atoms with E-state index in [-0.39, 0.29) is 36.4 Å². The number of benzene rings is 1. The summed E-state index contributed by atoms with van der Waals surface area (Å²) in [5.74, 6) is 1.47. The smallest absolute Gasteiger partial charge is 0.244 e. The highest BCUT2D eigenvalue weighted by Gasteiger charge is 2.22. The lowest BCUT2D eigenvalue weighted by atomic mass is 9.90. The zero-order valence-electron chi connectivity index (χ0n) is 19.2. The summed E-state index contributed by atoms with van der Waals surface area (Å²) in [4.78, 5) is 24.9. The van der Waals surface area contributed by atoms with Gasteiger partial charge in [0.25, 0.3) is 0 Å². The monoisotopic (exact) mass is 569 g/mol. The zero-order chi connectivity index (χ0) is 21.9. The first-order valence-corrected chi connectivity index (χ1v) is 12.3. The van der Waals surface area contributed by atoms with Crippen LogP contribution in [0.2, 0.25) is 0 Å². The minimum absolute atomic E-state index is 0. The van der Waals surface area contributed by atoms with Gasteiger partial charge in [-0.1, -0.05) is 37.3 Å². The molecule has 0 radical (unpaired) electrons. The molecule has 3 rings (SSSR count). The van der Waals surface area contributed by atoms with Gasteiger partial charge in [0, 0.05) is 43.7 Å². The van der Waals surface area contributed by atoms with Crippen LogP contribution in [0.25, 0.3) is 0 Å². The fourth-order valence-electron chi connectivity index (χ4n) is 3.84. The lowest BCUT2D eigenvalue weighted by molar-refractivity contribution is -0.130. The maximum absolute atomic E-state index is 12.7. The van der Waals surface area contributed by atoms with Crippen molar-refractivity contribution in [3.8, 4) is 0 Å². The number of nitrogens with one attached hydrogen (secondary N) is 2. The van der Waals surface area contributed by atoms with Crippen LogP contribution < -0.4 is 10.6 Å². The van der Waals surface area contributed by atoms with E-state index in [4.69, 9.17) is 0 Å². The quantitative estimate of drug-likeness (QED) is 0.273. The Hall–Kier alpha value is -1.68. The Morgan fingerprint density at radius 3 is 2.59 bits per heavy atom. The van der Waals surface area contributed by atoms with Crippen molar-refractivity contribution in [1.82, 2.24) is 20.5 Å². The molecule has 1 fully saturated rings. The highest BCUT2D eigenvalue weighted by atomic mass is 127. The maximum Gasteiger partial charge on any atom is 0.244 e. The van der Waals surface area contributed by atoms with Crippen LogP contribution in [0.15, 0.2) is 41.5 Å². The lowest BCUT2D eigenvalue weighted by Gasteiger charge is -2.32. The average Bonchev–Trinajstić information content (AvgIpc) is 3.26. The summed E-state index contributed by atoms with van der Waals surface area (Å²) in [5.41, 5.74) is 1.39. The second-order valence-corrected chi connectivity index (χ2v) is 9.16. The first kappa shape index (κ1) is 26.6. The molecule has 1 aromatic carbocycles. The van der Waals surface area contributed by atoms with Gasteiger partial charge in [0.2, 0.25) is 5.91 Å². The molecule has 0 unspecified atom stereocenters. The third-order valence-corrected chi connectivity index (χ3v) is 6.83. The summed E-state index contributed by atoms with van der Waals surface area (Å²) >= 11 is 1.76. The summed E-state index contributed by atoms with van der Waals surface area (Å²) in [5, 5.41) is 7.69. The molecule has 1 amide bonds. The van der Waals surface area contributed by atoms with Crippen LogP contribution in [0.3, 0.4) is 0 Å². The number of aromatic nitrogens is 1. The lowest BCUT2D eigenvalue weighted by Crippen LogP contribution is -2.42. The first-order valence-electron chi connectivity index (χ1n) is 11.4. The number of hydrogen-bond acceptors (Lipinski definition) is 4. The molecule has 0 aliphatic carbocycles. The third-order valence-electron chi connectivity index (χ3n) is 5.63. The van der Waals surface area contributed by atoms with Crippen LogP contribution in [0.4, 0.5) is 0 Å². The van der Waals surface area contributed by atoms with Crippen LogP contribution in [0.1, 0.15) is 42.1 Å². The van der Waals surface area contributed by atoms with Crippen molar-refractivity contribution in [2.45, 2.75) is 46.0 Å². The van der Waals surface area contributed by atoms with E-state index in [0.717, 1.165) is 63.3 Å². The normalized spacial score (nSPS) is 14.7. The summed E-state index contributed by atoms with van der Waals surface area (Å²) in [6.45, 7) is 7.55. The van der Waals surface area contributed by atoms with E-state index in [1.807, 2.05) is 18.0 Å². The van der Waals surface area contributed by atoms with E-state index in [9.17, 15) is 4.79 Å². The van der Waals surface area contributed by atoms with Gasteiger partial charge in [0.05, 0.1) is 5.01 Å². The minimum atomic E-state index is 0. The molecule has 0 atom stereocenters. The summed E-state index contributed by atoms with van der Waals surface area (Å²) in [6, 6.07) is 10.6. The number of carbonyl (C=O) groups excluding carboxylic acids is 1. The molecule has 32 heavy (non-hydrogen) atoms. The molecular weight excluding hydrogens is 533 g/mol. The first-order chi connectivity index (χ1) is 15.2. The Kier molecular flexibility index (Phi) is 12.0. The predicted octanol–water partition coefficient (Wildman–Crippen LogP) is 3.90. The molecule has 2 aromatic rings. The van der Waals surface area contributed by atoms with Gasteiger partial charge in [-0.2, -0.15) is 0 Å². The molecule has 1 aromatic heterocycles. The van der Waals surface area contributed by atoms with Crippen LogP contribution in [-0.4, -0.2) is 54.5 Å². The average molecular weight is 570 g/mol. The van der Waals surface area contributed by atoms with Crippen LogP contribution in [0, 0.1) is 5.92 Å².